The summed E-state index contributed by atoms with van der Waals surface area (Å²) in [7, 11) is 3.12. The molecule has 0 amide bonds. The second-order valence-corrected chi connectivity index (χ2v) is 5.29. The maximum absolute atomic E-state index is 9.82. The molecule has 2 rings (SSSR count). The van der Waals surface area contributed by atoms with E-state index in [-0.39, 0.29) is 12.4 Å². The molecule has 0 aliphatic carbocycles. The Labute approximate surface area is 148 Å². The number of hydrogen-bond acceptors (Lipinski definition) is 5. The topological polar surface area (TPSA) is 73.9 Å². The van der Waals surface area contributed by atoms with Crippen LogP contribution in [0.3, 0.4) is 0 Å². The zero-order valence-electron chi connectivity index (χ0n) is 14.1. The third kappa shape index (κ3) is 4.77. The van der Waals surface area contributed by atoms with E-state index in [9.17, 15) is 5.11 Å². The first-order valence-electron chi connectivity index (χ1n) is 7.43. The minimum absolute atomic E-state index is 0. The van der Waals surface area contributed by atoms with Crippen LogP contribution >= 0.6 is 12.4 Å². The van der Waals surface area contributed by atoms with E-state index in [0.29, 0.717) is 29.4 Å². The minimum atomic E-state index is -0.716. The number of halogens is 1. The van der Waals surface area contributed by atoms with Gasteiger partial charge in [-0.15, -0.1) is 12.4 Å². The highest BCUT2D eigenvalue weighted by molar-refractivity contribution is 5.85. The molecule has 24 heavy (non-hydrogen) atoms. The molecular weight excluding hydrogens is 330 g/mol. The predicted octanol–water partition coefficient (Wildman–Crippen LogP) is 3.09. The van der Waals surface area contributed by atoms with Gasteiger partial charge in [0.2, 0.25) is 0 Å². The summed E-state index contributed by atoms with van der Waals surface area (Å²) in [6.07, 6.45) is -0.716. The summed E-state index contributed by atoms with van der Waals surface area (Å²) in [4.78, 5) is 0. The molecule has 0 unspecified atom stereocenters. The summed E-state index contributed by atoms with van der Waals surface area (Å²) in [5, 5.41) is 9.82. The van der Waals surface area contributed by atoms with E-state index in [1.807, 2.05) is 30.3 Å². The summed E-state index contributed by atoms with van der Waals surface area (Å²) < 4.78 is 16.5. The van der Waals surface area contributed by atoms with Crippen molar-refractivity contribution in [1.29, 1.82) is 0 Å². The van der Waals surface area contributed by atoms with Crippen LogP contribution in [0, 0.1) is 0 Å². The van der Waals surface area contributed by atoms with Gasteiger partial charge in [0.05, 0.1) is 26.4 Å². The number of benzene rings is 2. The van der Waals surface area contributed by atoms with Crippen LogP contribution in [0.25, 0.3) is 0 Å². The SMILES string of the molecule is COc1cc(OCc2ccccc2)c([C@@H](N)[C@H](C)O)cc1OC.Cl. The number of methoxy groups -OCH3 is 2. The number of nitrogens with two attached hydrogens (primary N) is 1. The highest BCUT2D eigenvalue weighted by atomic mass is 35.5. The zero-order valence-corrected chi connectivity index (χ0v) is 14.9. The fraction of sp³-hybridized carbons (Fsp3) is 0.333. The zero-order chi connectivity index (χ0) is 16.8. The van der Waals surface area contributed by atoms with E-state index in [2.05, 4.69) is 0 Å². The second kappa shape index (κ2) is 9.37. The van der Waals surface area contributed by atoms with E-state index in [0.717, 1.165) is 5.56 Å². The largest absolute Gasteiger partial charge is 0.493 e. The lowest BCUT2D eigenvalue weighted by molar-refractivity contribution is 0.161. The van der Waals surface area contributed by atoms with Crippen molar-refractivity contribution in [1.82, 2.24) is 0 Å². The molecule has 2 aromatic rings. The molecule has 6 heteroatoms. The van der Waals surface area contributed by atoms with Crippen molar-refractivity contribution >= 4 is 12.4 Å². The predicted molar refractivity (Wildman–Crippen MR) is 96.2 cm³/mol. The monoisotopic (exact) mass is 353 g/mol. The standard InChI is InChI=1S/C18H23NO4.ClH/c1-12(20)18(19)14-9-16(21-2)17(22-3)10-15(14)23-11-13-7-5-4-6-8-13;/h4-10,12,18,20H,11,19H2,1-3H3;1H/t12-,18-;/m0./s1. The first-order chi connectivity index (χ1) is 11.1. The Hall–Kier alpha value is -1.95. The lowest BCUT2D eigenvalue weighted by Crippen LogP contribution is -2.24. The second-order valence-electron chi connectivity index (χ2n) is 5.29. The fourth-order valence-corrected chi connectivity index (χ4v) is 2.26. The Bertz CT molecular complexity index is 634. The molecule has 0 saturated carbocycles. The van der Waals surface area contributed by atoms with Gasteiger partial charge in [-0.2, -0.15) is 0 Å². The van der Waals surface area contributed by atoms with E-state index >= 15 is 0 Å². The molecule has 2 atom stereocenters. The Morgan fingerprint density at radius 2 is 1.58 bits per heavy atom. The van der Waals surface area contributed by atoms with E-state index in [1.165, 1.54) is 0 Å². The average molecular weight is 354 g/mol. The summed E-state index contributed by atoms with van der Waals surface area (Å²) in [6.45, 7) is 2.04. The van der Waals surface area contributed by atoms with Crippen LogP contribution in [0.5, 0.6) is 17.2 Å². The van der Waals surface area contributed by atoms with Crippen molar-refractivity contribution in [3.8, 4) is 17.2 Å². The molecule has 0 heterocycles. The minimum Gasteiger partial charge on any atom is -0.493 e. The summed E-state index contributed by atoms with van der Waals surface area (Å²) >= 11 is 0. The molecular formula is C18H24ClNO4. The van der Waals surface area contributed by atoms with E-state index < -0.39 is 12.1 Å². The molecule has 2 aromatic carbocycles. The van der Waals surface area contributed by atoms with Crippen LogP contribution in [0.2, 0.25) is 0 Å². The number of aliphatic hydroxyl groups excluding tert-OH is 1. The van der Waals surface area contributed by atoms with E-state index in [4.69, 9.17) is 19.9 Å². The Kier molecular flexibility index (Phi) is 7.85. The van der Waals surface area contributed by atoms with Gasteiger partial charge in [0.15, 0.2) is 11.5 Å². The molecule has 132 valence electrons. The van der Waals surface area contributed by atoms with Gasteiger partial charge < -0.3 is 25.1 Å². The maximum Gasteiger partial charge on any atom is 0.164 e. The van der Waals surface area contributed by atoms with Crippen LogP contribution in [0.4, 0.5) is 0 Å². The van der Waals surface area contributed by atoms with Crippen LogP contribution in [-0.4, -0.2) is 25.4 Å². The van der Waals surface area contributed by atoms with Gasteiger partial charge in [0, 0.05) is 11.6 Å². The third-order valence-electron chi connectivity index (χ3n) is 3.63. The first kappa shape index (κ1) is 20.1. The third-order valence-corrected chi connectivity index (χ3v) is 3.63. The average Bonchev–Trinajstić information content (AvgIpc) is 2.59. The number of ether oxygens (including phenoxy) is 3. The van der Waals surface area contributed by atoms with Crippen LogP contribution in [0.1, 0.15) is 24.1 Å². The van der Waals surface area contributed by atoms with Crippen molar-refractivity contribution in [2.45, 2.75) is 25.7 Å². The highest BCUT2D eigenvalue weighted by Crippen LogP contribution is 2.38. The number of hydrogen-bond donors (Lipinski definition) is 2. The fourth-order valence-electron chi connectivity index (χ4n) is 2.26. The molecule has 0 saturated heterocycles. The molecule has 5 nitrogen and oxygen atoms in total. The Morgan fingerprint density at radius 1 is 1.00 bits per heavy atom. The smallest absolute Gasteiger partial charge is 0.164 e. The Balaban J connectivity index is 0.00000288. The molecule has 0 aliphatic rings. The van der Waals surface area contributed by atoms with Gasteiger partial charge in [0.25, 0.3) is 0 Å². The Morgan fingerprint density at radius 3 is 2.12 bits per heavy atom. The lowest BCUT2D eigenvalue weighted by Gasteiger charge is -2.21. The summed E-state index contributed by atoms with van der Waals surface area (Å²) in [5.74, 6) is 1.67. The van der Waals surface area contributed by atoms with Crippen LogP contribution in [0.15, 0.2) is 42.5 Å². The molecule has 0 spiro atoms. The lowest BCUT2D eigenvalue weighted by atomic mass is 10.0. The van der Waals surface area contributed by atoms with Gasteiger partial charge in [-0.1, -0.05) is 30.3 Å². The highest BCUT2D eigenvalue weighted by Gasteiger charge is 2.21. The molecule has 0 fully saturated rings. The number of rotatable bonds is 7. The van der Waals surface area contributed by atoms with Crippen molar-refractivity contribution in [2.75, 3.05) is 14.2 Å². The van der Waals surface area contributed by atoms with Crippen molar-refractivity contribution < 1.29 is 19.3 Å². The molecule has 0 aromatic heterocycles. The van der Waals surface area contributed by atoms with Crippen LogP contribution in [-0.2, 0) is 6.61 Å². The maximum atomic E-state index is 9.82. The molecule has 0 aliphatic heterocycles. The van der Waals surface area contributed by atoms with Gasteiger partial charge in [-0.25, -0.2) is 0 Å². The first-order valence-corrected chi connectivity index (χ1v) is 7.43. The summed E-state index contributed by atoms with van der Waals surface area (Å²) in [5.41, 5.74) is 7.81. The van der Waals surface area contributed by atoms with E-state index in [1.54, 1.807) is 33.3 Å². The van der Waals surface area contributed by atoms with Gasteiger partial charge in [0.1, 0.15) is 12.4 Å². The van der Waals surface area contributed by atoms with Crippen molar-refractivity contribution in [2.24, 2.45) is 5.73 Å². The van der Waals surface area contributed by atoms with Crippen LogP contribution < -0.4 is 19.9 Å². The molecule has 0 bridgehead atoms. The molecule has 3 N–H and O–H groups in total. The van der Waals surface area contributed by atoms with Crippen molar-refractivity contribution in [3.63, 3.8) is 0 Å². The van der Waals surface area contributed by atoms with Gasteiger partial charge in [-0.3, -0.25) is 0 Å². The quantitative estimate of drug-likeness (QED) is 0.800. The normalized spacial score (nSPS) is 12.7. The van der Waals surface area contributed by atoms with Crippen molar-refractivity contribution in [3.05, 3.63) is 53.6 Å². The molecule has 0 radical (unpaired) electrons. The van der Waals surface area contributed by atoms with Gasteiger partial charge >= 0.3 is 0 Å². The van der Waals surface area contributed by atoms with Gasteiger partial charge in [-0.05, 0) is 18.6 Å². The number of aliphatic hydroxyl groups is 1. The summed E-state index contributed by atoms with van der Waals surface area (Å²) in [6, 6.07) is 12.7.